The van der Waals surface area contributed by atoms with E-state index in [1.165, 1.54) is 6.07 Å². The van der Waals surface area contributed by atoms with E-state index in [1.54, 1.807) is 36.4 Å². The van der Waals surface area contributed by atoms with E-state index in [-0.39, 0.29) is 16.5 Å². The lowest BCUT2D eigenvalue weighted by Crippen LogP contribution is -1.91. The average Bonchev–Trinajstić information content (AvgIpc) is 2.85. The number of nitrogens with zero attached hydrogens (tertiary/aromatic N) is 1. The van der Waals surface area contributed by atoms with Crippen LogP contribution >= 0.6 is 23.2 Å². The third kappa shape index (κ3) is 2.48. The van der Waals surface area contributed by atoms with Crippen molar-refractivity contribution in [1.82, 2.24) is 5.16 Å². The van der Waals surface area contributed by atoms with Crippen LogP contribution < -0.4 is 5.73 Å². The normalized spacial score (nSPS) is 10.8. The number of hydrogen-bond acceptors (Lipinski definition) is 3. The standard InChI is InChI=1S/C15H9Cl2FN2O/c16-9-6-4-8(5-7-9)14-12(15(19)21-20-14)10-2-1-3-11(17)13(10)18/h1-7H,19H2. The van der Waals surface area contributed by atoms with Crippen molar-refractivity contribution in [2.75, 3.05) is 5.73 Å². The molecule has 0 atom stereocenters. The van der Waals surface area contributed by atoms with Gasteiger partial charge < -0.3 is 10.3 Å². The van der Waals surface area contributed by atoms with E-state index in [4.69, 9.17) is 33.5 Å². The number of hydrogen-bond donors (Lipinski definition) is 1. The molecular weight excluding hydrogens is 314 g/mol. The fourth-order valence-corrected chi connectivity index (χ4v) is 2.37. The van der Waals surface area contributed by atoms with Crippen LogP contribution in [0.1, 0.15) is 0 Å². The second kappa shape index (κ2) is 5.39. The van der Waals surface area contributed by atoms with Gasteiger partial charge in [0.2, 0.25) is 5.88 Å². The van der Waals surface area contributed by atoms with Gasteiger partial charge in [0, 0.05) is 16.1 Å². The van der Waals surface area contributed by atoms with Gasteiger partial charge in [-0.25, -0.2) is 4.39 Å². The minimum absolute atomic E-state index is 0.00940. The van der Waals surface area contributed by atoms with Gasteiger partial charge in [0.05, 0.1) is 10.6 Å². The SMILES string of the molecule is Nc1onc(-c2ccc(Cl)cc2)c1-c1cccc(Cl)c1F. The molecule has 1 aromatic heterocycles. The van der Waals surface area contributed by atoms with Crippen LogP contribution in [-0.2, 0) is 0 Å². The molecule has 0 saturated carbocycles. The van der Waals surface area contributed by atoms with Crippen molar-refractivity contribution in [2.45, 2.75) is 0 Å². The lowest BCUT2D eigenvalue weighted by Gasteiger charge is -2.05. The smallest absolute Gasteiger partial charge is 0.230 e. The van der Waals surface area contributed by atoms with Gasteiger partial charge in [-0.05, 0) is 18.2 Å². The van der Waals surface area contributed by atoms with Gasteiger partial charge in [0.25, 0.3) is 0 Å². The molecule has 0 bridgehead atoms. The Bertz CT molecular complexity index is 800. The predicted octanol–water partition coefficient (Wildman–Crippen LogP) is 5.04. The summed E-state index contributed by atoms with van der Waals surface area (Å²) in [6.45, 7) is 0. The molecule has 3 nitrogen and oxygen atoms in total. The highest BCUT2D eigenvalue weighted by Gasteiger charge is 2.21. The van der Waals surface area contributed by atoms with Crippen molar-refractivity contribution >= 4 is 29.1 Å². The van der Waals surface area contributed by atoms with Crippen LogP contribution in [0, 0.1) is 5.82 Å². The largest absolute Gasteiger partial charge is 0.367 e. The predicted molar refractivity (Wildman–Crippen MR) is 81.8 cm³/mol. The van der Waals surface area contributed by atoms with Crippen LogP contribution in [0.4, 0.5) is 10.3 Å². The lowest BCUT2D eigenvalue weighted by atomic mass is 10.0. The van der Waals surface area contributed by atoms with Crippen molar-refractivity contribution in [3.05, 3.63) is 58.3 Å². The van der Waals surface area contributed by atoms with E-state index in [0.29, 0.717) is 21.8 Å². The third-order valence-electron chi connectivity index (χ3n) is 3.06. The number of nitrogens with two attached hydrogens (primary N) is 1. The topological polar surface area (TPSA) is 52.0 Å². The molecule has 0 unspecified atom stereocenters. The van der Waals surface area contributed by atoms with E-state index in [2.05, 4.69) is 5.16 Å². The molecule has 0 amide bonds. The van der Waals surface area contributed by atoms with Gasteiger partial charge >= 0.3 is 0 Å². The lowest BCUT2D eigenvalue weighted by molar-refractivity contribution is 0.439. The van der Waals surface area contributed by atoms with Crippen molar-refractivity contribution in [3.8, 4) is 22.4 Å². The molecule has 106 valence electrons. The molecule has 3 rings (SSSR count). The number of rotatable bonds is 2. The average molecular weight is 323 g/mol. The molecule has 2 N–H and O–H groups in total. The summed E-state index contributed by atoms with van der Waals surface area (Å²) >= 11 is 11.7. The van der Waals surface area contributed by atoms with Crippen LogP contribution in [0.25, 0.3) is 22.4 Å². The number of aromatic nitrogens is 1. The summed E-state index contributed by atoms with van der Waals surface area (Å²) in [5, 5.41) is 4.51. The molecule has 1 heterocycles. The van der Waals surface area contributed by atoms with E-state index >= 15 is 0 Å². The highest BCUT2D eigenvalue weighted by molar-refractivity contribution is 6.31. The molecule has 0 spiro atoms. The second-order valence-corrected chi connectivity index (χ2v) is 5.22. The maximum atomic E-state index is 14.2. The second-order valence-electron chi connectivity index (χ2n) is 4.38. The molecular formula is C15H9Cl2FN2O. The first-order valence-corrected chi connectivity index (χ1v) is 6.79. The first-order chi connectivity index (χ1) is 10.1. The minimum Gasteiger partial charge on any atom is -0.367 e. The Morgan fingerprint density at radius 1 is 1.05 bits per heavy atom. The van der Waals surface area contributed by atoms with Crippen LogP contribution in [0.3, 0.4) is 0 Å². The van der Waals surface area contributed by atoms with Gasteiger partial charge in [0.1, 0.15) is 11.5 Å². The zero-order valence-corrected chi connectivity index (χ0v) is 12.1. The molecule has 0 saturated heterocycles. The van der Waals surface area contributed by atoms with Crippen molar-refractivity contribution in [3.63, 3.8) is 0 Å². The van der Waals surface area contributed by atoms with E-state index in [1.807, 2.05) is 0 Å². The first-order valence-electron chi connectivity index (χ1n) is 6.03. The summed E-state index contributed by atoms with van der Waals surface area (Å²) in [4.78, 5) is 0. The maximum absolute atomic E-state index is 14.2. The fourth-order valence-electron chi connectivity index (χ4n) is 2.06. The zero-order chi connectivity index (χ0) is 15.0. The molecule has 2 aromatic carbocycles. The van der Waals surface area contributed by atoms with Gasteiger partial charge in [-0.1, -0.05) is 52.6 Å². The highest BCUT2D eigenvalue weighted by atomic mass is 35.5. The molecule has 3 aromatic rings. The number of benzene rings is 2. The summed E-state index contributed by atoms with van der Waals surface area (Å²) in [6, 6.07) is 11.6. The van der Waals surface area contributed by atoms with Crippen molar-refractivity contribution < 1.29 is 8.91 Å². The van der Waals surface area contributed by atoms with Crippen molar-refractivity contribution in [1.29, 1.82) is 0 Å². The Kier molecular flexibility index (Phi) is 3.57. The molecule has 21 heavy (non-hydrogen) atoms. The van der Waals surface area contributed by atoms with Crippen LogP contribution in [0.15, 0.2) is 47.0 Å². The molecule has 0 aliphatic carbocycles. The van der Waals surface area contributed by atoms with Crippen LogP contribution in [0.5, 0.6) is 0 Å². The quantitative estimate of drug-likeness (QED) is 0.719. The van der Waals surface area contributed by atoms with Crippen LogP contribution in [-0.4, -0.2) is 5.16 Å². The summed E-state index contributed by atoms with van der Waals surface area (Å²) in [6.07, 6.45) is 0. The number of nitrogen functional groups attached to an aromatic ring is 1. The summed E-state index contributed by atoms with van der Waals surface area (Å²) in [7, 11) is 0. The van der Waals surface area contributed by atoms with E-state index in [0.717, 1.165) is 0 Å². The van der Waals surface area contributed by atoms with Crippen LogP contribution in [0.2, 0.25) is 10.0 Å². The van der Waals surface area contributed by atoms with Crippen molar-refractivity contribution in [2.24, 2.45) is 0 Å². The molecule has 0 aliphatic heterocycles. The first kappa shape index (κ1) is 13.9. The third-order valence-corrected chi connectivity index (χ3v) is 3.60. The van der Waals surface area contributed by atoms with Gasteiger partial charge in [-0.15, -0.1) is 0 Å². The summed E-state index contributed by atoms with van der Waals surface area (Å²) in [5.74, 6) is -0.537. The minimum atomic E-state index is -0.565. The Labute approximate surface area is 130 Å². The Morgan fingerprint density at radius 3 is 2.48 bits per heavy atom. The van der Waals surface area contributed by atoms with Gasteiger partial charge in [-0.2, -0.15) is 0 Å². The number of halogens is 3. The fraction of sp³-hybridized carbons (Fsp3) is 0. The van der Waals surface area contributed by atoms with Gasteiger partial charge in [-0.3, -0.25) is 0 Å². The Hall–Kier alpha value is -2.04. The van der Waals surface area contributed by atoms with E-state index < -0.39 is 5.82 Å². The highest BCUT2D eigenvalue weighted by Crippen LogP contribution is 2.39. The monoisotopic (exact) mass is 322 g/mol. The summed E-state index contributed by atoms with van der Waals surface area (Å²) < 4.78 is 19.2. The zero-order valence-electron chi connectivity index (χ0n) is 10.6. The Balaban J connectivity index is 2.22. The summed E-state index contributed by atoms with van der Waals surface area (Å²) in [5.41, 5.74) is 7.56. The van der Waals surface area contributed by atoms with Gasteiger partial charge in [0.15, 0.2) is 0 Å². The molecule has 0 fully saturated rings. The van der Waals surface area contributed by atoms with E-state index in [9.17, 15) is 4.39 Å². The molecule has 6 heteroatoms. The molecule has 0 aliphatic rings. The maximum Gasteiger partial charge on any atom is 0.230 e. The molecule has 0 radical (unpaired) electrons. The Morgan fingerprint density at radius 2 is 1.76 bits per heavy atom. The number of anilines is 1.